The molecule has 1 aromatic rings. The summed E-state index contributed by atoms with van der Waals surface area (Å²) in [5.74, 6) is 0.384. The molecule has 1 aliphatic carbocycles. The molecule has 0 amide bonds. The van der Waals surface area contributed by atoms with Crippen LogP contribution in [0.4, 0.5) is 0 Å². The Kier molecular flexibility index (Phi) is 5.46. The van der Waals surface area contributed by atoms with E-state index in [0.29, 0.717) is 17.4 Å². The first-order valence-electron chi connectivity index (χ1n) is 7.36. The summed E-state index contributed by atoms with van der Waals surface area (Å²) in [7, 11) is -3.51. The first kappa shape index (κ1) is 16.9. The number of nitrogens with one attached hydrogen (secondary N) is 1. The average molecular weight is 375 g/mol. The maximum absolute atomic E-state index is 12.7. The van der Waals surface area contributed by atoms with Gasteiger partial charge >= 0.3 is 0 Å². The number of hydrogen-bond donors (Lipinski definition) is 2. The van der Waals surface area contributed by atoms with E-state index in [1.807, 2.05) is 13.0 Å². The summed E-state index contributed by atoms with van der Waals surface area (Å²) in [6, 6.07) is 3.58. The van der Waals surface area contributed by atoms with Crippen LogP contribution >= 0.6 is 15.9 Å². The van der Waals surface area contributed by atoms with E-state index in [1.165, 1.54) is 6.42 Å². The molecule has 4 nitrogen and oxygen atoms in total. The van der Waals surface area contributed by atoms with E-state index in [4.69, 9.17) is 5.73 Å². The van der Waals surface area contributed by atoms with E-state index < -0.39 is 10.0 Å². The van der Waals surface area contributed by atoms with Crippen LogP contribution in [0.1, 0.15) is 43.7 Å². The van der Waals surface area contributed by atoms with Gasteiger partial charge in [-0.15, -0.1) is 0 Å². The van der Waals surface area contributed by atoms with Crippen LogP contribution in [0.25, 0.3) is 0 Å². The van der Waals surface area contributed by atoms with Crippen molar-refractivity contribution in [2.75, 3.05) is 0 Å². The molecule has 1 saturated carbocycles. The van der Waals surface area contributed by atoms with E-state index in [-0.39, 0.29) is 6.04 Å². The molecule has 0 heterocycles. The topological polar surface area (TPSA) is 72.2 Å². The summed E-state index contributed by atoms with van der Waals surface area (Å²) in [5, 5.41) is 0. The lowest BCUT2D eigenvalue weighted by molar-refractivity contribution is 0.310. The maximum Gasteiger partial charge on any atom is 0.241 e. The standard InChI is InChI=1S/C15H23BrN2O2S/c1-10-5-3-4-6-14(10)18-21(19,20)15-8-12(9-17)7-13(16)11(15)2/h7-8,10,14,18H,3-6,9,17H2,1-2H3. The molecule has 6 heteroatoms. The first-order valence-corrected chi connectivity index (χ1v) is 9.64. The second-order valence-electron chi connectivity index (χ2n) is 5.89. The van der Waals surface area contributed by atoms with Gasteiger partial charge in [0.25, 0.3) is 0 Å². The van der Waals surface area contributed by atoms with Crippen LogP contribution in [0.2, 0.25) is 0 Å². The average Bonchev–Trinajstić information content (AvgIpc) is 2.43. The minimum atomic E-state index is -3.51. The number of nitrogens with two attached hydrogens (primary N) is 1. The van der Waals surface area contributed by atoms with Gasteiger partial charge in [0.15, 0.2) is 0 Å². The molecule has 0 radical (unpaired) electrons. The molecule has 21 heavy (non-hydrogen) atoms. The Morgan fingerprint density at radius 1 is 1.33 bits per heavy atom. The number of sulfonamides is 1. The van der Waals surface area contributed by atoms with Crippen molar-refractivity contribution in [1.29, 1.82) is 0 Å². The third-order valence-electron chi connectivity index (χ3n) is 4.30. The summed E-state index contributed by atoms with van der Waals surface area (Å²) in [6.07, 6.45) is 4.27. The van der Waals surface area contributed by atoms with Crippen LogP contribution < -0.4 is 10.5 Å². The van der Waals surface area contributed by atoms with Crippen molar-refractivity contribution in [2.45, 2.75) is 57.0 Å². The summed E-state index contributed by atoms with van der Waals surface area (Å²) in [6.45, 7) is 4.25. The van der Waals surface area contributed by atoms with Gasteiger partial charge in [0.1, 0.15) is 0 Å². The summed E-state index contributed by atoms with van der Waals surface area (Å²) < 4.78 is 29.1. The highest BCUT2D eigenvalue weighted by Gasteiger charge is 2.28. The molecule has 118 valence electrons. The van der Waals surface area contributed by atoms with Crippen molar-refractivity contribution in [1.82, 2.24) is 4.72 Å². The predicted molar refractivity (Wildman–Crippen MR) is 88.5 cm³/mol. The molecule has 2 rings (SSSR count). The number of halogens is 1. The monoisotopic (exact) mass is 374 g/mol. The van der Waals surface area contributed by atoms with Crippen molar-refractivity contribution >= 4 is 26.0 Å². The molecule has 3 N–H and O–H groups in total. The third kappa shape index (κ3) is 3.86. The van der Waals surface area contributed by atoms with Crippen LogP contribution in [0.3, 0.4) is 0 Å². The van der Waals surface area contributed by atoms with Gasteiger partial charge in [-0.05, 0) is 48.9 Å². The third-order valence-corrected chi connectivity index (χ3v) is 6.74. The zero-order chi connectivity index (χ0) is 15.6. The fourth-order valence-electron chi connectivity index (χ4n) is 2.86. The van der Waals surface area contributed by atoms with Gasteiger partial charge < -0.3 is 5.73 Å². The quantitative estimate of drug-likeness (QED) is 0.850. The molecule has 2 atom stereocenters. The largest absolute Gasteiger partial charge is 0.326 e. The molecular weight excluding hydrogens is 352 g/mol. The van der Waals surface area contributed by atoms with E-state index in [1.54, 1.807) is 6.07 Å². The molecule has 0 bridgehead atoms. The zero-order valence-corrected chi connectivity index (χ0v) is 14.9. The second kappa shape index (κ2) is 6.77. The molecule has 0 aromatic heterocycles. The Bertz CT molecular complexity index is 616. The van der Waals surface area contributed by atoms with Gasteiger partial charge in [0.2, 0.25) is 10.0 Å². The predicted octanol–water partition coefficient (Wildman–Crippen LogP) is 3.07. The molecule has 2 unspecified atom stereocenters. The smallest absolute Gasteiger partial charge is 0.241 e. The molecule has 0 aliphatic heterocycles. The van der Waals surface area contributed by atoms with E-state index in [9.17, 15) is 8.42 Å². The number of hydrogen-bond acceptors (Lipinski definition) is 3. The van der Waals surface area contributed by atoms with Gasteiger partial charge in [0.05, 0.1) is 4.90 Å². The molecule has 1 aromatic carbocycles. The maximum atomic E-state index is 12.7. The second-order valence-corrected chi connectivity index (χ2v) is 8.43. The van der Waals surface area contributed by atoms with Crippen LogP contribution in [-0.2, 0) is 16.6 Å². The molecule has 0 spiro atoms. The highest BCUT2D eigenvalue weighted by Crippen LogP contribution is 2.29. The van der Waals surface area contributed by atoms with Crippen LogP contribution in [0.15, 0.2) is 21.5 Å². The summed E-state index contributed by atoms with van der Waals surface area (Å²) >= 11 is 3.42. The Hall–Kier alpha value is -0.430. The van der Waals surface area contributed by atoms with E-state index >= 15 is 0 Å². The van der Waals surface area contributed by atoms with E-state index in [2.05, 4.69) is 27.6 Å². The Morgan fingerprint density at radius 3 is 2.62 bits per heavy atom. The van der Waals surface area contributed by atoms with Gasteiger partial charge in [-0.3, -0.25) is 0 Å². The highest BCUT2D eigenvalue weighted by molar-refractivity contribution is 9.10. The number of rotatable bonds is 4. The molecule has 0 saturated heterocycles. The minimum absolute atomic E-state index is 0.0310. The van der Waals surface area contributed by atoms with Crippen molar-refractivity contribution < 1.29 is 8.42 Å². The van der Waals surface area contributed by atoms with Gasteiger partial charge in [-0.25, -0.2) is 13.1 Å². The van der Waals surface area contributed by atoms with Crippen molar-refractivity contribution in [3.05, 3.63) is 27.7 Å². The van der Waals surface area contributed by atoms with Crippen LogP contribution in [0, 0.1) is 12.8 Å². The van der Waals surface area contributed by atoms with Gasteiger partial charge in [-0.1, -0.05) is 35.7 Å². The Morgan fingerprint density at radius 2 is 2.00 bits per heavy atom. The van der Waals surface area contributed by atoms with Crippen molar-refractivity contribution in [3.8, 4) is 0 Å². The minimum Gasteiger partial charge on any atom is -0.326 e. The van der Waals surface area contributed by atoms with Crippen molar-refractivity contribution in [3.63, 3.8) is 0 Å². The van der Waals surface area contributed by atoms with Crippen LogP contribution in [0.5, 0.6) is 0 Å². The SMILES string of the molecule is Cc1c(Br)cc(CN)cc1S(=O)(=O)NC1CCCCC1C. The summed E-state index contributed by atoms with van der Waals surface area (Å²) in [5.41, 5.74) is 7.19. The Labute approximate surface area is 135 Å². The van der Waals surface area contributed by atoms with Crippen molar-refractivity contribution in [2.24, 2.45) is 11.7 Å². The molecule has 1 fully saturated rings. The lowest BCUT2D eigenvalue weighted by Crippen LogP contribution is -2.41. The normalized spacial score (nSPS) is 23.2. The molecular formula is C15H23BrN2O2S. The van der Waals surface area contributed by atoms with Gasteiger partial charge in [0, 0.05) is 17.1 Å². The fourth-order valence-corrected chi connectivity index (χ4v) is 5.19. The first-order chi connectivity index (χ1) is 9.85. The zero-order valence-electron chi connectivity index (χ0n) is 12.5. The highest BCUT2D eigenvalue weighted by atomic mass is 79.9. The van der Waals surface area contributed by atoms with Crippen LogP contribution in [-0.4, -0.2) is 14.5 Å². The summed E-state index contributed by atoms with van der Waals surface area (Å²) in [4.78, 5) is 0.329. The lowest BCUT2D eigenvalue weighted by atomic mass is 9.87. The fraction of sp³-hybridized carbons (Fsp3) is 0.600. The Balaban J connectivity index is 2.33. The molecule has 1 aliphatic rings. The lowest BCUT2D eigenvalue weighted by Gasteiger charge is -2.29. The number of benzene rings is 1. The van der Waals surface area contributed by atoms with Gasteiger partial charge in [-0.2, -0.15) is 0 Å². The van der Waals surface area contributed by atoms with E-state index in [0.717, 1.165) is 34.9 Å².